The lowest BCUT2D eigenvalue weighted by atomic mass is 9.76. The average Bonchev–Trinajstić information content (AvgIpc) is 2.08. The SMILES string of the molecule is CC(C)(C)NC(=O)CC(C(=O)C(=O)O)C(C)(C)C. The molecule has 18 heavy (non-hydrogen) atoms. The maximum absolute atomic E-state index is 11.8. The molecule has 2 N–H and O–H groups in total. The number of carboxylic acids is 1. The van der Waals surface area contributed by atoms with E-state index in [2.05, 4.69) is 5.32 Å². The Morgan fingerprint density at radius 2 is 1.50 bits per heavy atom. The number of hydrogen-bond acceptors (Lipinski definition) is 3. The Morgan fingerprint density at radius 3 is 1.78 bits per heavy atom. The summed E-state index contributed by atoms with van der Waals surface area (Å²) in [5.41, 5.74) is -0.962. The minimum absolute atomic E-state index is 0.105. The predicted octanol–water partition coefficient (Wildman–Crippen LogP) is 1.61. The molecule has 0 saturated carbocycles. The summed E-state index contributed by atoms with van der Waals surface area (Å²) in [4.78, 5) is 34.2. The van der Waals surface area contributed by atoms with Crippen molar-refractivity contribution in [3.63, 3.8) is 0 Å². The second-order valence-corrected chi connectivity index (χ2v) is 6.59. The number of carboxylic acid groups (broad SMARTS) is 1. The van der Waals surface area contributed by atoms with Gasteiger partial charge < -0.3 is 10.4 Å². The maximum Gasteiger partial charge on any atom is 0.372 e. The summed E-state index contributed by atoms with van der Waals surface area (Å²) in [6.07, 6.45) is -0.105. The number of nitrogens with one attached hydrogen (secondary N) is 1. The fourth-order valence-corrected chi connectivity index (χ4v) is 1.60. The van der Waals surface area contributed by atoms with E-state index in [1.54, 1.807) is 20.8 Å². The largest absolute Gasteiger partial charge is 0.475 e. The molecule has 1 unspecified atom stereocenters. The van der Waals surface area contributed by atoms with Gasteiger partial charge in [0.25, 0.3) is 0 Å². The normalized spacial score (nSPS) is 13.9. The Kier molecular flexibility index (Phi) is 5.08. The number of ketones is 1. The number of rotatable bonds is 4. The van der Waals surface area contributed by atoms with Gasteiger partial charge in [0, 0.05) is 17.9 Å². The van der Waals surface area contributed by atoms with Crippen molar-refractivity contribution in [1.82, 2.24) is 5.32 Å². The molecule has 0 saturated heterocycles. The molecule has 0 rings (SSSR count). The first-order valence-corrected chi connectivity index (χ1v) is 5.93. The van der Waals surface area contributed by atoms with Crippen LogP contribution in [0.2, 0.25) is 0 Å². The molecule has 0 aromatic heterocycles. The van der Waals surface area contributed by atoms with Crippen LogP contribution in [0, 0.1) is 11.3 Å². The molecule has 0 aliphatic heterocycles. The van der Waals surface area contributed by atoms with E-state index < -0.39 is 28.6 Å². The molecule has 0 aliphatic rings. The molecule has 0 heterocycles. The zero-order chi connectivity index (χ0) is 14.7. The van der Waals surface area contributed by atoms with Gasteiger partial charge in [-0.25, -0.2) is 4.79 Å². The maximum atomic E-state index is 11.8. The van der Waals surface area contributed by atoms with Crippen LogP contribution in [0.5, 0.6) is 0 Å². The highest BCUT2D eigenvalue weighted by atomic mass is 16.4. The van der Waals surface area contributed by atoms with Crippen molar-refractivity contribution in [2.45, 2.75) is 53.5 Å². The quantitative estimate of drug-likeness (QED) is 0.749. The van der Waals surface area contributed by atoms with Crippen molar-refractivity contribution in [3.8, 4) is 0 Å². The van der Waals surface area contributed by atoms with Gasteiger partial charge in [-0.3, -0.25) is 9.59 Å². The molecular weight excluding hydrogens is 234 g/mol. The van der Waals surface area contributed by atoms with E-state index in [9.17, 15) is 14.4 Å². The molecule has 1 atom stereocenters. The first-order chi connectivity index (χ1) is 7.84. The van der Waals surface area contributed by atoms with E-state index in [4.69, 9.17) is 5.11 Å². The fraction of sp³-hybridized carbons (Fsp3) is 0.769. The van der Waals surface area contributed by atoms with Crippen LogP contribution in [0.25, 0.3) is 0 Å². The van der Waals surface area contributed by atoms with Crippen molar-refractivity contribution in [2.75, 3.05) is 0 Å². The van der Waals surface area contributed by atoms with Crippen LogP contribution in [0.1, 0.15) is 48.0 Å². The van der Waals surface area contributed by atoms with Gasteiger partial charge in [-0.05, 0) is 26.2 Å². The van der Waals surface area contributed by atoms with Gasteiger partial charge in [0.05, 0.1) is 0 Å². The molecule has 5 nitrogen and oxygen atoms in total. The molecule has 0 aromatic rings. The summed E-state index contributed by atoms with van der Waals surface area (Å²) in [6.45, 7) is 10.7. The number of carbonyl (C=O) groups excluding carboxylic acids is 2. The Morgan fingerprint density at radius 1 is 1.06 bits per heavy atom. The monoisotopic (exact) mass is 257 g/mol. The van der Waals surface area contributed by atoms with Crippen LogP contribution in [-0.2, 0) is 14.4 Å². The third-order valence-electron chi connectivity index (χ3n) is 2.48. The predicted molar refractivity (Wildman–Crippen MR) is 68.1 cm³/mol. The van der Waals surface area contributed by atoms with Gasteiger partial charge in [-0.15, -0.1) is 0 Å². The molecule has 0 aliphatic carbocycles. The molecular formula is C13H23NO4. The van der Waals surface area contributed by atoms with E-state index >= 15 is 0 Å². The highest BCUT2D eigenvalue weighted by Crippen LogP contribution is 2.29. The Labute approximate surface area is 108 Å². The minimum atomic E-state index is -1.49. The smallest absolute Gasteiger partial charge is 0.372 e. The van der Waals surface area contributed by atoms with Gasteiger partial charge in [-0.2, -0.15) is 0 Å². The minimum Gasteiger partial charge on any atom is -0.475 e. The lowest BCUT2D eigenvalue weighted by molar-refractivity contribution is -0.153. The molecule has 104 valence electrons. The summed E-state index contributed by atoms with van der Waals surface area (Å²) in [5, 5.41) is 11.5. The van der Waals surface area contributed by atoms with Gasteiger partial charge in [-0.1, -0.05) is 20.8 Å². The van der Waals surface area contributed by atoms with Gasteiger partial charge in [0.15, 0.2) is 0 Å². The lowest BCUT2D eigenvalue weighted by Gasteiger charge is -2.29. The van der Waals surface area contributed by atoms with E-state index in [0.29, 0.717) is 0 Å². The fourth-order valence-electron chi connectivity index (χ4n) is 1.60. The molecule has 0 aromatic carbocycles. The Balaban J connectivity index is 4.89. The number of Topliss-reactive ketones (excluding diaryl/α,β-unsaturated/α-hetero) is 1. The lowest BCUT2D eigenvalue weighted by Crippen LogP contribution is -2.44. The standard InChI is InChI=1S/C13H23NO4/c1-12(2,3)8(10(16)11(17)18)7-9(15)14-13(4,5)6/h8H,7H2,1-6H3,(H,14,15)(H,17,18). The van der Waals surface area contributed by atoms with Crippen LogP contribution in [0.3, 0.4) is 0 Å². The zero-order valence-electron chi connectivity index (χ0n) is 12.0. The highest BCUT2D eigenvalue weighted by molar-refractivity contribution is 6.34. The van der Waals surface area contributed by atoms with Gasteiger partial charge in [0.2, 0.25) is 11.7 Å². The molecule has 0 bridgehead atoms. The van der Waals surface area contributed by atoms with E-state index in [-0.39, 0.29) is 12.3 Å². The molecule has 0 fully saturated rings. The number of carbonyl (C=O) groups is 3. The van der Waals surface area contributed by atoms with E-state index in [1.807, 2.05) is 20.8 Å². The van der Waals surface area contributed by atoms with Crippen molar-refractivity contribution in [3.05, 3.63) is 0 Å². The van der Waals surface area contributed by atoms with Crippen molar-refractivity contribution in [2.24, 2.45) is 11.3 Å². The number of hydrogen-bond donors (Lipinski definition) is 2. The first-order valence-electron chi connectivity index (χ1n) is 5.93. The van der Waals surface area contributed by atoms with Crippen LogP contribution in [-0.4, -0.2) is 28.3 Å². The average molecular weight is 257 g/mol. The summed E-state index contributed by atoms with van der Waals surface area (Å²) >= 11 is 0. The molecule has 0 spiro atoms. The first kappa shape index (κ1) is 16.6. The van der Waals surface area contributed by atoms with Crippen LogP contribution in [0.15, 0.2) is 0 Å². The van der Waals surface area contributed by atoms with Gasteiger partial charge in [0.1, 0.15) is 0 Å². The highest BCUT2D eigenvalue weighted by Gasteiger charge is 2.37. The van der Waals surface area contributed by atoms with Crippen molar-refractivity contribution >= 4 is 17.7 Å². The number of amides is 1. The zero-order valence-corrected chi connectivity index (χ0v) is 12.0. The molecule has 1 amide bonds. The van der Waals surface area contributed by atoms with E-state index in [1.165, 1.54) is 0 Å². The second kappa shape index (κ2) is 5.50. The third kappa shape index (κ3) is 5.80. The van der Waals surface area contributed by atoms with Gasteiger partial charge >= 0.3 is 5.97 Å². The summed E-state index contributed by atoms with van der Waals surface area (Å²) in [5.74, 6) is -3.53. The summed E-state index contributed by atoms with van der Waals surface area (Å²) < 4.78 is 0. The van der Waals surface area contributed by atoms with Crippen molar-refractivity contribution in [1.29, 1.82) is 0 Å². The van der Waals surface area contributed by atoms with E-state index in [0.717, 1.165) is 0 Å². The summed E-state index contributed by atoms with van der Waals surface area (Å²) in [6, 6.07) is 0. The van der Waals surface area contributed by atoms with Crippen molar-refractivity contribution < 1.29 is 19.5 Å². The Bertz CT molecular complexity index is 347. The van der Waals surface area contributed by atoms with Crippen LogP contribution >= 0.6 is 0 Å². The summed E-state index contributed by atoms with van der Waals surface area (Å²) in [7, 11) is 0. The molecule has 0 radical (unpaired) electrons. The van der Waals surface area contributed by atoms with Crippen LogP contribution in [0.4, 0.5) is 0 Å². The molecule has 5 heteroatoms. The second-order valence-electron chi connectivity index (χ2n) is 6.59. The Hall–Kier alpha value is -1.39. The number of aliphatic carboxylic acids is 1. The topological polar surface area (TPSA) is 83.5 Å². The third-order valence-corrected chi connectivity index (χ3v) is 2.48. The van der Waals surface area contributed by atoms with Crippen LogP contribution < -0.4 is 5.32 Å².